The van der Waals surface area contributed by atoms with Crippen LogP contribution in [0, 0.1) is 0 Å². The van der Waals surface area contributed by atoms with Gasteiger partial charge in [0, 0.05) is 40.2 Å². The number of amides is 2. The van der Waals surface area contributed by atoms with Crippen molar-refractivity contribution in [1.82, 2.24) is 15.1 Å². The number of methoxy groups -OCH3 is 1. The third-order valence-electron chi connectivity index (χ3n) is 2.86. The maximum atomic E-state index is 12.1. The molecule has 0 aromatic carbocycles. The lowest BCUT2D eigenvalue weighted by Gasteiger charge is -2.23. The highest BCUT2D eigenvalue weighted by Crippen LogP contribution is 1.99. The molecule has 1 N–H and O–H groups in total. The Labute approximate surface area is 122 Å². The SMILES string of the molecule is COCCN(CC(=O)N(C)C)C(=O)CCCNC(C)C. The molecule has 0 aliphatic heterocycles. The van der Waals surface area contributed by atoms with Crippen molar-refractivity contribution in [2.24, 2.45) is 0 Å². The van der Waals surface area contributed by atoms with Gasteiger partial charge >= 0.3 is 0 Å². The van der Waals surface area contributed by atoms with Crippen LogP contribution >= 0.6 is 0 Å². The predicted octanol–water partition coefficient (Wildman–Crippen LogP) is 0.328. The fourth-order valence-corrected chi connectivity index (χ4v) is 1.59. The quantitative estimate of drug-likeness (QED) is 0.588. The zero-order valence-corrected chi connectivity index (χ0v) is 13.4. The topological polar surface area (TPSA) is 61.9 Å². The lowest BCUT2D eigenvalue weighted by atomic mass is 10.2. The third-order valence-corrected chi connectivity index (χ3v) is 2.86. The predicted molar refractivity (Wildman–Crippen MR) is 79.5 cm³/mol. The third kappa shape index (κ3) is 8.87. The van der Waals surface area contributed by atoms with E-state index < -0.39 is 0 Å². The van der Waals surface area contributed by atoms with Crippen LogP contribution in [0.15, 0.2) is 0 Å². The van der Waals surface area contributed by atoms with Crippen molar-refractivity contribution in [2.75, 3.05) is 47.4 Å². The van der Waals surface area contributed by atoms with Gasteiger partial charge in [-0.15, -0.1) is 0 Å². The lowest BCUT2D eigenvalue weighted by Crippen LogP contribution is -2.42. The monoisotopic (exact) mass is 287 g/mol. The molecule has 0 aromatic rings. The van der Waals surface area contributed by atoms with Crippen molar-refractivity contribution in [3.63, 3.8) is 0 Å². The summed E-state index contributed by atoms with van der Waals surface area (Å²) in [4.78, 5) is 26.9. The van der Waals surface area contributed by atoms with Gasteiger partial charge in [0.15, 0.2) is 0 Å². The van der Waals surface area contributed by atoms with E-state index in [1.165, 1.54) is 4.90 Å². The molecule has 0 rings (SSSR count). The van der Waals surface area contributed by atoms with Crippen LogP contribution in [-0.2, 0) is 14.3 Å². The summed E-state index contributed by atoms with van der Waals surface area (Å²) in [6.07, 6.45) is 1.22. The second-order valence-electron chi connectivity index (χ2n) is 5.31. The van der Waals surface area contributed by atoms with Crippen molar-refractivity contribution in [3.05, 3.63) is 0 Å². The fourth-order valence-electron chi connectivity index (χ4n) is 1.59. The number of carbonyl (C=O) groups excluding carboxylic acids is 2. The zero-order valence-electron chi connectivity index (χ0n) is 13.4. The fraction of sp³-hybridized carbons (Fsp3) is 0.857. The maximum absolute atomic E-state index is 12.1. The summed E-state index contributed by atoms with van der Waals surface area (Å²) in [5.41, 5.74) is 0. The van der Waals surface area contributed by atoms with Crippen LogP contribution in [0.3, 0.4) is 0 Å². The van der Waals surface area contributed by atoms with Gasteiger partial charge in [0.05, 0.1) is 13.2 Å². The molecular formula is C14H29N3O3. The van der Waals surface area contributed by atoms with Crippen LogP contribution in [0.4, 0.5) is 0 Å². The van der Waals surface area contributed by atoms with Gasteiger partial charge in [-0.3, -0.25) is 9.59 Å². The summed E-state index contributed by atoms with van der Waals surface area (Å²) >= 11 is 0. The van der Waals surface area contributed by atoms with Crippen molar-refractivity contribution in [1.29, 1.82) is 0 Å². The molecule has 0 aliphatic carbocycles. The van der Waals surface area contributed by atoms with Gasteiger partial charge in [-0.2, -0.15) is 0 Å². The Morgan fingerprint density at radius 1 is 1.20 bits per heavy atom. The van der Waals surface area contributed by atoms with Gasteiger partial charge in [0.25, 0.3) is 0 Å². The molecule has 0 saturated carbocycles. The van der Waals surface area contributed by atoms with Crippen LogP contribution in [0.2, 0.25) is 0 Å². The summed E-state index contributed by atoms with van der Waals surface area (Å²) in [7, 11) is 4.96. The van der Waals surface area contributed by atoms with Crippen molar-refractivity contribution in [2.45, 2.75) is 32.7 Å². The van der Waals surface area contributed by atoms with E-state index in [2.05, 4.69) is 19.2 Å². The Morgan fingerprint density at radius 2 is 1.85 bits per heavy atom. The molecule has 0 aliphatic rings. The van der Waals surface area contributed by atoms with E-state index in [0.717, 1.165) is 13.0 Å². The first-order chi connectivity index (χ1) is 9.38. The van der Waals surface area contributed by atoms with Crippen molar-refractivity contribution < 1.29 is 14.3 Å². The summed E-state index contributed by atoms with van der Waals surface area (Å²) in [6, 6.07) is 0.421. The highest BCUT2D eigenvalue weighted by atomic mass is 16.5. The highest BCUT2D eigenvalue weighted by molar-refractivity contribution is 5.84. The number of nitrogens with zero attached hydrogens (tertiary/aromatic N) is 2. The van der Waals surface area contributed by atoms with E-state index >= 15 is 0 Å². The molecule has 0 radical (unpaired) electrons. The molecule has 6 heteroatoms. The maximum Gasteiger partial charge on any atom is 0.241 e. The molecule has 0 saturated heterocycles. The van der Waals surface area contributed by atoms with Crippen LogP contribution < -0.4 is 5.32 Å². The van der Waals surface area contributed by atoms with E-state index in [4.69, 9.17) is 4.74 Å². The average molecular weight is 287 g/mol. The Balaban J connectivity index is 4.23. The van der Waals surface area contributed by atoms with E-state index in [9.17, 15) is 9.59 Å². The molecule has 0 spiro atoms. The standard InChI is InChI=1S/C14H29N3O3/c1-12(2)15-8-6-7-13(18)17(9-10-20-5)11-14(19)16(3)4/h12,15H,6-11H2,1-5H3. The first-order valence-electron chi connectivity index (χ1n) is 7.08. The number of rotatable bonds is 10. The van der Waals surface area contributed by atoms with Crippen LogP contribution in [0.1, 0.15) is 26.7 Å². The number of carbonyl (C=O) groups is 2. The average Bonchev–Trinajstić information content (AvgIpc) is 2.38. The minimum atomic E-state index is -0.0743. The van der Waals surface area contributed by atoms with Crippen molar-refractivity contribution in [3.8, 4) is 0 Å². The number of likely N-dealkylation sites (N-methyl/N-ethyl adjacent to an activating group) is 1. The minimum Gasteiger partial charge on any atom is -0.383 e. The number of hydrogen-bond donors (Lipinski definition) is 1. The Kier molecular flexibility index (Phi) is 10.0. The zero-order chi connectivity index (χ0) is 15.5. The summed E-state index contributed by atoms with van der Waals surface area (Å²) in [5, 5.41) is 3.27. The second-order valence-corrected chi connectivity index (χ2v) is 5.31. The lowest BCUT2D eigenvalue weighted by molar-refractivity contribution is -0.139. The molecule has 0 atom stereocenters. The Morgan fingerprint density at radius 3 is 2.35 bits per heavy atom. The molecule has 118 valence electrons. The van der Waals surface area contributed by atoms with E-state index in [1.807, 2.05) is 0 Å². The largest absolute Gasteiger partial charge is 0.383 e. The molecule has 2 amide bonds. The van der Waals surface area contributed by atoms with E-state index in [-0.39, 0.29) is 18.4 Å². The molecule has 0 heterocycles. The molecule has 20 heavy (non-hydrogen) atoms. The van der Waals surface area contributed by atoms with E-state index in [0.29, 0.717) is 25.6 Å². The molecule has 0 bridgehead atoms. The molecule has 6 nitrogen and oxygen atoms in total. The van der Waals surface area contributed by atoms with Crippen LogP contribution in [0.5, 0.6) is 0 Å². The second kappa shape index (κ2) is 10.6. The summed E-state index contributed by atoms with van der Waals surface area (Å²) < 4.78 is 4.99. The molecule has 0 aromatic heterocycles. The van der Waals surface area contributed by atoms with Gasteiger partial charge in [-0.05, 0) is 13.0 Å². The smallest absolute Gasteiger partial charge is 0.241 e. The molecule has 0 unspecified atom stereocenters. The van der Waals surface area contributed by atoms with Gasteiger partial charge in [-0.25, -0.2) is 0 Å². The Hall–Kier alpha value is -1.14. The molecular weight excluding hydrogens is 258 g/mol. The van der Waals surface area contributed by atoms with E-state index in [1.54, 1.807) is 26.1 Å². The van der Waals surface area contributed by atoms with Crippen LogP contribution in [-0.4, -0.2) is 75.1 Å². The highest BCUT2D eigenvalue weighted by Gasteiger charge is 2.17. The van der Waals surface area contributed by atoms with Crippen LogP contribution in [0.25, 0.3) is 0 Å². The van der Waals surface area contributed by atoms with Gasteiger partial charge in [-0.1, -0.05) is 13.8 Å². The molecule has 0 fully saturated rings. The minimum absolute atomic E-state index is 0.00260. The normalized spacial score (nSPS) is 10.7. The number of ether oxygens (including phenoxy) is 1. The number of nitrogens with one attached hydrogen (secondary N) is 1. The van der Waals surface area contributed by atoms with Gasteiger partial charge in [0.1, 0.15) is 0 Å². The summed E-state index contributed by atoms with van der Waals surface area (Å²) in [5.74, 6) is -0.0717. The van der Waals surface area contributed by atoms with Crippen molar-refractivity contribution >= 4 is 11.8 Å². The first kappa shape index (κ1) is 18.9. The Bertz CT molecular complexity index is 293. The summed E-state index contributed by atoms with van der Waals surface area (Å²) in [6.45, 7) is 5.96. The van der Waals surface area contributed by atoms with Gasteiger partial charge < -0.3 is 19.9 Å². The number of hydrogen-bond acceptors (Lipinski definition) is 4. The van der Waals surface area contributed by atoms with Gasteiger partial charge in [0.2, 0.25) is 11.8 Å². The first-order valence-corrected chi connectivity index (χ1v) is 7.08.